The number of piperidine rings is 3. The van der Waals surface area contributed by atoms with Crippen molar-refractivity contribution >= 4 is 17.7 Å². The molecule has 6 rings (SSSR count). The van der Waals surface area contributed by atoms with Crippen LogP contribution >= 0.6 is 0 Å². The van der Waals surface area contributed by atoms with E-state index in [1.54, 1.807) is 6.20 Å². The number of esters is 1. The number of quaternary nitrogens is 1. The van der Waals surface area contributed by atoms with Crippen LogP contribution in [-0.2, 0) is 14.3 Å². The number of amides is 1. The number of aromatic nitrogens is 1. The molecule has 34 heavy (non-hydrogen) atoms. The minimum atomic E-state index is -0.453. The summed E-state index contributed by atoms with van der Waals surface area (Å²) in [7, 11) is 0. The molecule has 0 radical (unpaired) electrons. The maximum atomic E-state index is 13.8. The fourth-order valence-corrected chi connectivity index (χ4v) is 6.71. The number of aryl methyl sites for hydroxylation is 1. The van der Waals surface area contributed by atoms with Crippen molar-refractivity contribution in [3.63, 3.8) is 0 Å². The van der Waals surface area contributed by atoms with E-state index >= 15 is 0 Å². The summed E-state index contributed by atoms with van der Waals surface area (Å²) in [6.07, 6.45) is 17.3. The lowest BCUT2D eigenvalue weighted by Crippen LogP contribution is -2.66. The average Bonchev–Trinajstić information content (AvgIpc) is 3.24. The first kappa shape index (κ1) is 23.3. The molecule has 1 saturated carbocycles. The molecule has 0 spiro atoms. The fraction of sp³-hybridized carbons (Fsp3) is 0.607. The smallest absolute Gasteiger partial charge is 0.316 e. The quantitative estimate of drug-likeness (QED) is 0.376. The van der Waals surface area contributed by atoms with Gasteiger partial charge in [-0.25, -0.2) is 4.98 Å². The molecule has 4 fully saturated rings. The van der Waals surface area contributed by atoms with Crippen LogP contribution in [0.25, 0.3) is 0 Å². The van der Waals surface area contributed by atoms with Gasteiger partial charge in [0.15, 0.2) is 12.6 Å². The Morgan fingerprint density at radius 1 is 1.18 bits per heavy atom. The van der Waals surface area contributed by atoms with Crippen LogP contribution in [0.5, 0.6) is 0 Å². The Labute approximate surface area is 203 Å². The van der Waals surface area contributed by atoms with Crippen LogP contribution in [0.3, 0.4) is 0 Å². The summed E-state index contributed by atoms with van der Waals surface area (Å²) >= 11 is 0. The van der Waals surface area contributed by atoms with Gasteiger partial charge in [0.1, 0.15) is 12.4 Å². The number of allylic oxidation sites excluding steroid dienone is 3. The van der Waals surface area contributed by atoms with Gasteiger partial charge in [-0.15, -0.1) is 0 Å². The van der Waals surface area contributed by atoms with Crippen LogP contribution in [0.1, 0.15) is 63.4 Å². The average molecular weight is 465 g/mol. The van der Waals surface area contributed by atoms with Crippen LogP contribution in [0.4, 0.5) is 5.82 Å². The molecule has 0 aromatic carbocycles. The van der Waals surface area contributed by atoms with E-state index in [0.29, 0.717) is 22.8 Å². The number of carbonyl (C=O) groups excluding carboxylic acids is 2. The first-order valence-corrected chi connectivity index (χ1v) is 13.1. The van der Waals surface area contributed by atoms with E-state index in [1.807, 2.05) is 19.1 Å². The van der Waals surface area contributed by atoms with Crippen molar-refractivity contribution in [3.05, 3.63) is 47.7 Å². The highest BCUT2D eigenvalue weighted by molar-refractivity contribution is 5.90. The highest BCUT2D eigenvalue weighted by atomic mass is 16.5. The Morgan fingerprint density at radius 3 is 2.62 bits per heavy atom. The minimum absolute atomic E-state index is 0.00494. The van der Waals surface area contributed by atoms with E-state index in [9.17, 15) is 9.59 Å². The van der Waals surface area contributed by atoms with Crippen LogP contribution in [0.2, 0.25) is 0 Å². The molecular formula is C28H38N3O3+. The van der Waals surface area contributed by atoms with Crippen molar-refractivity contribution in [3.8, 4) is 0 Å². The Bertz CT molecular complexity index is 982. The van der Waals surface area contributed by atoms with Gasteiger partial charge in [0.2, 0.25) is 0 Å². The summed E-state index contributed by atoms with van der Waals surface area (Å²) in [4.78, 5) is 31.0. The van der Waals surface area contributed by atoms with Crippen LogP contribution in [0.15, 0.2) is 42.1 Å². The number of carbonyl (C=O) groups is 2. The minimum Gasteiger partial charge on any atom is -0.455 e. The molecule has 1 aromatic heterocycles. The number of pyridine rings is 1. The SMILES string of the molecule is Cc1ccnc(NC(=O)C[N+]23CCC(CC2)[C@@H](OC(=O)C2(C4=CC=CC4)CCCCCC2)C3)c1. The summed E-state index contributed by atoms with van der Waals surface area (Å²) < 4.78 is 7.12. The van der Waals surface area contributed by atoms with Crippen molar-refractivity contribution in [2.24, 2.45) is 11.3 Å². The highest BCUT2D eigenvalue weighted by Gasteiger charge is 2.51. The first-order chi connectivity index (χ1) is 16.5. The van der Waals surface area contributed by atoms with Crippen molar-refractivity contribution in [1.82, 2.24) is 4.98 Å². The molecule has 5 aliphatic rings. The molecule has 0 unspecified atom stereocenters. The lowest BCUT2D eigenvalue weighted by atomic mass is 9.73. The highest BCUT2D eigenvalue weighted by Crippen LogP contribution is 2.46. The van der Waals surface area contributed by atoms with Gasteiger partial charge in [0.05, 0.1) is 18.5 Å². The Hall–Kier alpha value is -2.47. The first-order valence-electron chi connectivity index (χ1n) is 13.1. The van der Waals surface area contributed by atoms with Gasteiger partial charge >= 0.3 is 5.97 Å². The predicted octanol–water partition coefficient (Wildman–Crippen LogP) is 4.71. The summed E-state index contributed by atoms with van der Waals surface area (Å²) in [6, 6.07) is 3.81. The number of anilines is 1. The van der Waals surface area contributed by atoms with E-state index in [1.165, 1.54) is 18.4 Å². The number of hydrogen-bond acceptors (Lipinski definition) is 4. The molecule has 3 aliphatic heterocycles. The second kappa shape index (κ2) is 9.65. The molecule has 1 N–H and O–H groups in total. The van der Waals surface area contributed by atoms with Gasteiger partial charge in [-0.1, -0.05) is 43.9 Å². The van der Waals surface area contributed by atoms with E-state index in [2.05, 4.69) is 28.5 Å². The van der Waals surface area contributed by atoms with E-state index in [0.717, 1.165) is 70.1 Å². The number of fused-ring (bicyclic) bond motifs is 3. The van der Waals surface area contributed by atoms with Gasteiger partial charge in [0, 0.05) is 25.0 Å². The number of nitrogens with zero attached hydrogens (tertiary/aromatic N) is 2. The van der Waals surface area contributed by atoms with Gasteiger partial charge in [-0.3, -0.25) is 9.59 Å². The van der Waals surface area contributed by atoms with Crippen molar-refractivity contribution in [1.29, 1.82) is 0 Å². The van der Waals surface area contributed by atoms with E-state index in [4.69, 9.17) is 4.74 Å². The molecule has 1 amide bonds. The molecule has 4 heterocycles. The van der Waals surface area contributed by atoms with Gasteiger partial charge < -0.3 is 14.5 Å². The maximum Gasteiger partial charge on any atom is 0.316 e. The lowest BCUT2D eigenvalue weighted by molar-refractivity contribution is -0.939. The fourth-order valence-electron chi connectivity index (χ4n) is 6.71. The number of nitrogens with one attached hydrogen (secondary N) is 1. The lowest BCUT2D eigenvalue weighted by Gasteiger charge is -2.52. The van der Waals surface area contributed by atoms with E-state index < -0.39 is 5.41 Å². The number of ether oxygens (including phenoxy) is 1. The second-order valence-corrected chi connectivity index (χ2v) is 11.0. The molecular weight excluding hydrogens is 426 g/mol. The maximum absolute atomic E-state index is 13.8. The topological polar surface area (TPSA) is 68.3 Å². The Kier molecular flexibility index (Phi) is 6.61. The number of rotatable bonds is 6. The number of hydrogen-bond donors (Lipinski definition) is 1. The summed E-state index contributed by atoms with van der Waals surface area (Å²) in [6.45, 7) is 5.11. The van der Waals surface area contributed by atoms with Crippen molar-refractivity contribution in [2.75, 3.05) is 31.5 Å². The van der Waals surface area contributed by atoms with Crippen molar-refractivity contribution < 1.29 is 18.8 Å². The molecule has 2 bridgehead atoms. The third-order valence-electron chi connectivity index (χ3n) is 8.70. The molecule has 6 nitrogen and oxygen atoms in total. The second-order valence-electron chi connectivity index (χ2n) is 11.0. The van der Waals surface area contributed by atoms with Crippen LogP contribution in [0, 0.1) is 18.3 Å². The van der Waals surface area contributed by atoms with Crippen LogP contribution in [-0.4, -0.2) is 53.6 Å². The Morgan fingerprint density at radius 2 is 1.94 bits per heavy atom. The predicted molar refractivity (Wildman–Crippen MR) is 132 cm³/mol. The van der Waals surface area contributed by atoms with Crippen molar-refractivity contribution in [2.45, 2.75) is 70.8 Å². The standard InChI is InChI=1S/C28H37N3O3/c1-21-10-15-29-25(18-21)30-26(32)20-31-16-11-22(12-17-31)24(19-31)34-27(33)28(23-8-4-5-9-23)13-6-2-3-7-14-28/h4-5,8,10,15,18,22,24H,2-3,6-7,9,11-14,16-17,19-20H2,1H3/p+1/t22?,24-,31?/m0/s1. The Balaban J connectivity index is 1.27. The molecule has 3 saturated heterocycles. The third kappa shape index (κ3) is 4.70. The van der Waals surface area contributed by atoms with Gasteiger partial charge in [0.25, 0.3) is 5.91 Å². The largest absolute Gasteiger partial charge is 0.455 e. The molecule has 1 atom stereocenters. The van der Waals surface area contributed by atoms with Gasteiger partial charge in [-0.2, -0.15) is 0 Å². The molecule has 2 aliphatic carbocycles. The zero-order valence-electron chi connectivity index (χ0n) is 20.4. The third-order valence-corrected chi connectivity index (χ3v) is 8.70. The zero-order chi connectivity index (χ0) is 23.6. The zero-order valence-corrected chi connectivity index (χ0v) is 20.4. The normalized spacial score (nSPS) is 29.9. The van der Waals surface area contributed by atoms with Crippen LogP contribution < -0.4 is 5.32 Å². The molecule has 182 valence electrons. The van der Waals surface area contributed by atoms with E-state index in [-0.39, 0.29) is 18.0 Å². The molecule has 1 aromatic rings. The van der Waals surface area contributed by atoms with Gasteiger partial charge in [-0.05, 0) is 49.5 Å². The summed E-state index contributed by atoms with van der Waals surface area (Å²) in [5, 5.41) is 2.98. The molecule has 6 heteroatoms. The monoisotopic (exact) mass is 464 g/mol. The summed E-state index contributed by atoms with van der Waals surface area (Å²) in [5.41, 5.74) is 1.86. The summed E-state index contributed by atoms with van der Waals surface area (Å²) in [5.74, 6) is 1.01.